The highest BCUT2D eigenvalue weighted by Gasteiger charge is 2.22. The number of urea groups is 1. The number of methoxy groups -OCH3 is 1. The van der Waals surface area contributed by atoms with Crippen molar-refractivity contribution in [2.45, 2.75) is 11.8 Å². The number of ether oxygens (including phenoxy) is 1. The molecule has 2 heterocycles. The number of rotatable bonds is 5. The highest BCUT2D eigenvalue weighted by Crippen LogP contribution is 2.19. The molecule has 0 unspecified atom stereocenters. The van der Waals surface area contributed by atoms with E-state index in [0.717, 1.165) is 0 Å². The van der Waals surface area contributed by atoms with Crippen molar-refractivity contribution in [1.29, 1.82) is 0 Å². The van der Waals surface area contributed by atoms with E-state index in [4.69, 9.17) is 4.74 Å². The lowest BCUT2D eigenvalue weighted by Crippen LogP contribution is -2.35. The number of sulfonamides is 1. The first-order valence-corrected chi connectivity index (χ1v) is 9.20. The van der Waals surface area contributed by atoms with E-state index >= 15 is 0 Å². The zero-order chi connectivity index (χ0) is 19.4. The fourth-order valence-electron chi connectivity index (χ4n) is 2.29. The van der Waals surface area contributed by atoms with Crippen LogP contribution in [0.1, 0.15) is 5.69 Å². The summed E-state index contributed by atoms with van der Waals surface area (Å²) in [6.45, 7) is 1.68. The summed E-state index contributed by atoms with van der Waals surface area (Å²) < 4.78 is 33.6. The standard InChI is InChI=1S/C16H16N6O4S/c1-11-10-14(26-2)19-15(18-11)20-16(23)21-27(24,25)13-7-4-3-6-12(13)22-9-5-8-17-22/h3-10H,1-2H3,(H2,18,19,20,21,23). The smallest absolute Gasteiger partial charge is 0.335 e. The first-order chi connectivity index (χ1) is 12.9. The first kappa shape index (κ1) is 18.3. The van der Waals surface area contributed by atoms with Gasteiger partial charge in [-0.25, -0.2) is 27.6 Å². The molecule has 0 bridgehead atoms. The van der Waals surface area contributed by atoms with Crippen LogP contribution < -0.4 is 14.8 Å². The van der Waals surface area contributed by atoms with E-state index in [2.05, 4.69) is 20.4 Å². The lowest BCUT2D eigenvalue weighted by Gasteiger charge is -2.12. The molecule has 0 aliphatic carbocycles. The van der Waals surface area contributed by atoms with E-state index in [0.29, 0.717) is 11.4 Å². The average molecular weight is 388 g/mol. The van der Waals surface area contributed by atoms with Crippen molar-refractivity contribution in [3.63, 3.8) is 0 Å². The summed E-state index contributed by atoms with van der Waals surface area (Å²) in [7, 11) is -2.75. The van der Waals surface area contributed by atoms with Crippen molar-refractivity contribution in [2.24, 2.45) is 0 Å². The molecular weight excluding hydrogens is 372 g/mol. The summed E-state index contributed by atoms with van der Waals surface area (Å²) >= 11 is 0. The molecule has 10 nitrogen and oxygen atoms in total. The van der Waals surface area contributed by atoms with Crippen molar-refractivity contribution in [1.82, 2.24) is 24.5 Å². The average Bonchev–Trinajstić information content (AvgIpc) is 3.15. The van der Waals surface area contributed by atoms with Gasteiger partial charge in [0.2, 0.25) is 11.8 Å². The molecule has 2 amide bonds. The first-order valence-electron chi connectivity index (χ1n) is 7.71. The van der Waals surface area contributed by atoms with Crippen LogP contribution in [0.5, 0.6) is 5.88 Å². The number of nitrogens with one attached hydrogen (secondary N) is 2. The second-order valence-corrected chi connectivity index (χ2v) is 7.00. The third-order valence-electron chi connectivity index (χ3n) is 3.40. The fourth-order valence-corrected chi connectivity index (χ4v) is 3.39. The lowest BCUT2D eigenvalue weighted by atomic mass is 10.3. The number of carbonyl (C=O) groups excluding carboxylic acids is 1. The maximum atomic E-state index is 12.7. The van der Waals surface area contributed by atoms with Crippen LogP contribution >= 0.6 is 0 Å². The zero-order valence-electron chi connectivity index (χ0n) is 14.4. The van der Waals surface area contributed by atoms with Crippen LogP contribution in [-0.4, -0.2) is 41.3 Å². The van der Waals surface area contributed by atoms with E-state index in [1.54, 1.807) is 43.5 Å². The Hall–Kier alpha value is -3.47. The number of carbonyl (C=O) groups is 1. The van der Waals surface area contributed by atoms with E-state index in [-0.39, 0.29) is 16.7 Å². The van der Waals surface area contributed by atoms with Crippen LogP contribution in [0.3, 0.4) is 0 Å². The summed E-state index contributed by atoms with van der Waals surface area (Å²) in [5.41, 5.74) is 0.848. The summed E-state index contributed by atoms with van der Waals surface area (Å²) in [4.78, 5) is 20.0. The minimum absolute atomic E-state index is 0.0834. The maximum absolute atomic E-state index is 12.7. The van der Waals surface area contributed by atoms with Crippen molar-refractivity contribution < 1.29 is 17.9 Å². The second-order valence-electron chi connectivity index (χ2n) is 5.35. The number of hydrogen-bond donors (Lipinski definition) is 2. The van der Waals surface area contributed by atoms with Gasteiger partial charge in [-0.3, -0.25) is 5.32 Å². The van der Waals surface area contributed by atoms with Crippen LogP contribution in [0.15, 0.2) is 53.7 Å². The summed E-state index contributed by atoms with van der Waals surface area (Å²) in [5.74, 6) is 0.157. The van der Waals surface area contributed by atoms with Crippen LogP contribution in [0, 0.1) is 6.92 Å². The number of benzene rings is 1. The number of anilines is 1. The van der Waals surface area contributed by atoms with E-state index in [9.17, 15) is 13.2 Å². The van der Waals surface area contributed by atoms with E-state index in [1.165, 1.54) is 24.1 Å². The molecule has 0 radical (unpaired) electrons. The molecule has 2 aromatic heterocycles. The monoisotopic (exact) mass is 388 g/mol. The third kappa shape index (κ3) is 4.20. The van der Waals surface area contributed by atoms with Gasteiger partial charge in [0.1, 0.15) is 4.90 Å². The number of nitrogens with zero attached hydrogens (tertiary/aromatic N) is 4. The molecule has 1 aromatic carbocycles. The van der Waals surface area contributed by atoms with Gasteiger partial charge in [-0.05, 0) is 25.1 Å². The molecule has 0 fully saturated rings. The molecule has 0 saturated heterocycles. The minimum atomic E-state index is -4.17. The van der Waals surface area contributed by atoms with Gasteiger partial charge >= 0.3 is 6.03 Å². The Bertz CT molecular complexity index is 1070. The number of hydrogen-bond acceptors (Lipinski definition) is 7. The van der Waals surface area contributed by atoms with Gasteiger partial charge in [-0.2, -0.15) is 10.1 Å². The largest absolute Gasteiger partial charge is 0.481 e. The summed E-state index contributed by atoms with van der Waals surface area (Å²) in [6.07, 6.45) is 3.12. The summed E-state index contributed by atoms with van der Waals surface area (Å²) in [5, 5.41) is 6.31. The van der Waals surface area contributed by atoms with Crippen LogP contribution in [0.4, 0.5) is 10.7 Å². The molecule has 0 spiro atoms. The Kier molecular flexibility index (Phi) is 5.03. The van der Waals surface area contributed by atoms with Crippen molar-refractivity contribution in [3.8, 4) is 11.6 Å². The van der Waals surface area contributed by atoms with Crippen LogP contribution in [-0.2, 0) is 10.0 Å². The molecule has 2 N–H and O–H groups in total. The Morgan fingerprint density at radius 2 is 1.96 bits per heavy atom. The van der Waals surface area contributed by atoms with E-state index < -0.39 is 16.1 Å². The normalized spacial score (nSPS) is 11.0. The Morgan fingerprint density at radius 3 is 2.67 bits per heavy atom. The number of para-hydroxylation sites is 1. The van der Waals surface area contributed by atoms with Crippen LogP contribution in [0.2, 0.25) is 0 Å². The van der Waals surface area contributed by atoms with Gasteiger partial charge in [0.05, 0.1) is 12.8 Å². The SMILES string of the molecule is COc1cc(C)nc(NC(=O)NS(=O)(=O)c2ccccc2-n2cccn2)n1. The highest BCUT2D eigenvalue weighted by atomic mass is 32.2. The molecular formula is C16H16N6O4S. The molecule has 3 aromatic rings. The summed E-state index contributed by atoms with van der Waals surface area (Å²) in [6, 6.07) is 8.40. The fraction of sp³-hybridized carbons (Fsp3) is 0.125. The number of aromatic nitrogens is 4. The molecule has 0 saturated carbocycles. The maximum Gasteiger partial charge on any atom is 0.335 e. The van der Waals surface area contributed by atoms with Crippen molar-refractivity contribution in [3.05, 3.63) is 54.5 Å². The van der Waals surface area contributed by atoms with Gasteiger partial charge in [-0.15, -0.1) is 0 Å². The molecule has 0 aliphatic heterocycles. The predicted molar refractivity (Wildman–Crippen MR) is 96.2 cm³/mol. The molecule has 11 heteroatoms. The second kappa shape index (κ2) is 7.41. The van der Waals surface area contributed by atoms with Crippen molar-refractivity contribution in [2.75, 3.05) is 12.4 Å². The Labute approximate surface area is 155 Å². The van der Waals surface area contributed by atoms with Gasteiger partial charge in [0, 0.05) is 24.2 Å². The Morgan fingerprint density at radius 1 is 1.19 bits per heavy atom. The number of aryl methyl sites for hydroxylation is 1. The molecule has 0 atom stereocenters. The van der Waals surface area contributed by atoms with Gasteiger partial charge in [0.15, 0.2) is 0 Å². The molecule has 140 valence electrons. The van der Waals surface area contributed by atoms with Crippen molar-refractivity contribution >= 4 is 22.0 Å². The minimum Gasteiger partial charge on any atom is -0.481 e. The highest BCUT2D eigenvalue weighted by molar-refractivity contribution is 7.90. The van der Waals surface area contributed by atoms with Gasteiger partial charge in [0.25, 0.3) is 10.0 Å². The molecule has 0 aliphatic rings. The quantitative estimate of drug-likeness (QED) is 0.677. The Balaban J connectivity index is 1.83. The topological polar surface area (TPSA) is 128 Å². The predicted octanol–water partition coefficient (Wildman–Crippen LogP) is 1.49. The zero-order valence-corrected chi connectivity index (χ0v) is 15.3. The lowest BCUT2D eigenvalue weighted by molar-refractivity contribution is 0.256. The van der Waals surface area contributed by atoms with E-state index in [1.807, 2.05) is 4.72 Å². The van der Waals surface area contributed by atoms with Gasteiger partial charge in [-0.1, -0.05) is 12.1 Å². The van der Waals surface area contributed by atoms with Gasteiger partial charge < -0.3 is 4.74 Å². The third-order valence-corrected chi connectivity index (χ3v) is 4.78. The molecule has 27 heavy (non-hydrogen) atoms. The van der Waals surface area contributed by atoms with Crippen LogP contribution in [0.25, 0.3) is 5.69 Å². The molecule has 3 rings (SSSR count). The number of amides is 2.